The van der Waals surface area contributed by atoms with E-state index in [2.05, 4.69) is 6.92 Å². The highest BCUT2D eigenvalue weighted by Crippen LogP contribution is 2.18. The monoisotopic (exact) mass is 96.1 g/mol. The van der Waals surface area contributed by atoms with E-state index in [1.165, 1.54) is 32.8 Å². The summed E-state index contributed by atoms with van der Waals surface area (Å²) in [6, 6.07) is 0. The van der Waals surface area contributed by atoms with Gasteiger partial charge in [-0.1, -0.05) is 32.4 Å². The van der Waals surface area contributed by atoms with Gasteiger partial charge in [-0.05, 0) is 5.92 Å². The van der Waals surface area contributed by atoms with E-state index in [-0.39, 0.29) is 0 Å². The second-order valence-corrected chi connectivity index (χ2v) is 2.74. The van der Waals surface area contributed by atoms with Gasteiger partial charge < -0.3 is 0 Å². The van der Waals surface area contributed by atoms with E-state index in [0.29, 0.717) is 0 Å². The average Bonchev–Trinajstić information content (AvgIpc) is 1.69. The molecule has 0 N–H and O–H groups in total. The summed E-state index contributed by atoms with van der Waals surface area (Å²) in [4.78, 5) is 0. The van der Waals surface area contributed by atoms with E-state index in [1.807, 2.05) is 0 Å². The zero-order valence-electron chi connectivity index (χ0n) is 5.11. The van der Waals surface area contributed by atoms with Crippen molar-refractivity contribution in [3.63, 3.8) is 0 Å². The minimum atomic E-state index is 1.04. The fourth-order valence-corrected chi connectivity index (χ4v) is 1.31. The van der Waals surface area contributed by atoms with Gasteiger partial charge >= 0.3 is 0 Å². The minimum absolute atomic E-state index is 1.04. The Morgan fingerprint density at radius 3 is 2.14 bits per heavy atom. The fourth-order valence-electron chi connectivity index (χ4n) is 1.31. The molecule has 0 saturated carbocycles. The van der Waals surface area contributed by atoms with Crippen LogP contribution in [0.1, 0.15) is 19.8 Å². The van der Waals surface area contributed by atoms with Gasteiger partial charge in [0.2, 0.25) is 0 Å². The first-order valence-electron chi connectivity index (χ1n) is 3.39. The Morgan fingerprint density at radius 1 is 1.29 bits per heavy atom. The molecular formula is C6H13B. The molecule has 0 aromatic rings. The molecule has 1 aliphatic heterocycles. The standard InChI is InChI=1S/C6H13B/c1-6-2-4-7-5-3-6/h6-7H,2-5H2,1H3. The molecule has 0 aromatic carbocycles. The molecule has 0 atom stereocenters. The summed E-state index contributed by atoms with van der Waals surface area (Å²) in [6.07, 6.45) is 5.95. The number of hydrogen-bond acceptors (Lipinski definition) is 0. The van der Waals surface area contributed by atoms with Crippen LogP contribution in [0.2, 0.25) is 12.6 Å². The summed E-state index contributed by atoms with van der Waals surface area (Å²) in [5.41, 5.74) is 0. The van der Waals surface area contributed by atoms with Crippen LogP contribution >= 0.6 is 0 Å². The molecule has 1 aliphatic rings. The molecule has 0 bridgehead atoms. The van der Waals surface area contributed by atoms with Crippen LogP contribution in [0.3, 0.4) is 0 Å². The molecule has 1 rings (SSSR count). The van der Waals surface area contributed by atoms with E-state index >= 15 is 0 Å². The van der Waals surface area contributed by atoms with E-state index in [9.17, 15) is 0 Å². The lowest BCUT2D eigenvalue weighted by Gasteiger charge is -2.14. The van der Waals surface area contributed by atoms with Gasteiger partial charge in [-0.25, -0.2) is 0 Å². The summed E-state index contributed by atoms with van der Waals surface area (Å²) < 4.78 is 0. The van der Waals surface area contributed by atoms with Crippen LogP contribution in [0.4, 0.5) is 0 Å². The van der Waals surface area contributed by atoms with E-state index in [1.54, 1.807) is 0 Å². The SMILES string of the molecule is CC1CCBCC1. The van der Waals surface area contributed by atoms with Gasteiger partial charge in [0, 0.05) is 0 Å². The summed E-state index contributed by atoms with van der Waals surface area (Å²) in [6.45, 7) is 2.36. The first-order valence-corrected chi connectivity index (χ1v) is 3.39. The average molecular weight is 96.0 g/mol. The van der Waals surface area contributed by atoms with Gasteiger partial charge in [-0.3, -0.25) is 0 Å². The van der Waals surface area contributed by atoms with Gasteiger partial charge in [0.25, 0.3) is 0 Å². The van der Waals surface area contributed by atoms with Crippen molar-refractivity contribution in [2.24, 2.45) is 5.92 Å². The third kappa shape index (κ3) is 1.54. The highest BCUT2D eigenvalue weighted by atomic mass is 14.0. The fraction of sp³-hybridized carbons (Fsp3) is 1.00. The second-order valence-electron chi connectivity index (χ2n) is 2.74. The largest absolute Gasteiger partial charge is 0.120 e. The second kappa shape index (κ2) is 2.39. The van der Waals surface area contributed by atoms with Crippen LogP contribution in [0, 0.1) is 5.92 Å². The van der Waals surface area contributed by atoms with Crippen molar-refractivity contribution in [2.75, 3.05) is 0 Å². The molecule has 0 amide bonds. The molecule has 0 unspecified atom stereocenters. The van der Waals surface area contributed by atoms with Crippen molar-refractivity contribution in [3.05, 3.63) is 0 Å². The number of rotatable bonds is 0. The normalized spacial score (nSPS) is 24.1. The Balaban J connectivity index is 2.12. The predicted molar refractivity (Wildman–Crippen MR) is 35.2 cm³/mol. The molecule has 1 heteroatoms. The lowest BCUT2D eigenvalue weighted by atomic mass is 9.62. The Labute approximate surface area is 46.5 Å². The summed E-state index contributed by atoms with van der Waals surface area (Å²) in [5.74, 6) is 1.04. The van der Waals surface area contributed by atoms with Gasteiger partial charge in [0.1, 0.15) is 7.28 Å². The predicted octanol–water partition coefficient (Wildman–Crippen LogP) is 1.69. The maximum Gasteiger partial charge on any atom is 0.120 e. The van der Waals surface area contributed by atoms with Gasteiger partial charge in [0.05, 0.1) is 0 Å². The van der Waals surface area contributed by atoms with Crippen LogP contribution in [-0.4, -0.2) is 7.28 Å². The smallest absolute Gasteiger partial charge is 0.0772 e. The van der Waals surface area contributed by atoms with Crippen molar-refractivity contribution in [2.45, 2.75) is 32.4 Å². The van der Waals surface area contributed by atoms with E-state index in [4.69, 9.17) is 0 Å². The zero-order valence-corrected chi connectivity index (χ0v) is 5.11. The highest BCUT2D eigenvalue weighted by Gasteiger charge is 2.07. The quantitative estimate of drug-likeness (QED) is 0.402. The first kappa shape index (κ1) is 5.21. The van der Waals surface area contributed by atoms with Crippen LogP contribution in [0.5, 0.6) is 0 Å². The number of hydrogen-bond donors (Lipinski definition) is 0. The van der Waals surface area contributed by atoms with Crippen molar-refractivity contribution in [3.8, 4) is 0 Å². The first-order chi connectivity index (χ1) is 3.39. The molecule has 0 spiro atoms. The van der Waals surface area contributed by atoms with Gasteiger partial charge in [-0.15, -0.1) is 0 Å². The minimum Gasteiger partial charge on any atom is -0.0772 e. The Bertz CT molecular complexity index is 46.1. The van der Waals surface area contributed by atoms with E-state index in [0.717, 1.165) is 5.92 Å². The van der Waals surface area contributed by atoms with Crippen molar-refractivity contribution in [1.82, 2.24) is 0 Å². The molecular weight excluding hydrogens is 82.9 g/mol. The van der Waals surface area contributed by atoms with Crippen molar-refractivity contribution < 1.29 is 0 Å². The summed E-state index contributed by atoms with van der Waals surface area (Å²) >= 11 is 0. The summed E-state index contributed by atoms with van der Waals surface area (Å²) in [5, 5.41) is 0. The Morgan fingerprint density at radius 2 is 1.86 bits per heavy atom. The Kier molecular flexibility index (Phi) is 1.78. The molecule has 40 valence electrons. The third-order valence-electron chi connectivity index (χ3n) is 1.89. The molecule has 1 saturated heterocycles. The van der Waals surface area contributed by atoms with Crippen LogP contribution in [0.25, 0.3) is 0 Å². The van der Waals surface area contributed by atoms with Crippen LogP contribution in [0.15, 0.2) is 0 Å². The molecule has 1 heterocycles. The topological polar surface area (TPSA) is 0 Å². The van der Waals surface area contributed by atoms with Crippen LogP contribution < -0.4 is 0 Å². The van der Waals surface area contributed by atoms with Crippen LogP contribution in [-0.2, 0) is 0 Å². The molecule has 0 radical (unpaired) electrons. The third-order valence-corrected chi connectivity index (χ3v) is 1.89. The van der Waals surface area contributed by atoms with Gasteiger partial charge in [-0.2, -0.15) is 0 Å². The maximum absolute atomic E-state index is 2.36. The summed E-state index contributed by atoms with van der Waals surface area (Å²) in [7, 11) is 1.49. The molecule has 0 aromatic heterocycles. The van der Waals surface area contributed by atoms with Crippen molar-refractivity contribution in [1.29, 1.82) is 0 Å². The zero-order chi connectivity index (χ0) is 5.11. The lowest BCUT2D eigenvalue weighted by molar-refractivity contribution is 0.523. The molecule has 0 nitrogen and oxygen atoms in total. The molecule has 7 heavy (non-hydrogen) atoms. The lowest BCUT2D eigenvalue weighted by Crippen LogP contribution is -2.05. The van der Waals surface area contributed by atoms with Crippen molar-refractivity contribution >= 4 is 7.28 Å². The maximum atomic E-state index is 2.36. The molecule has 0 aliphatic carbocycles. The van der Waals surface area contributed by atoms with E-state index < -0.39 is 0 Å². The Hall–Kier alpha value is 0.0649. The highest BCUT2D eigenvalue weighted by molar-refractivity contribution is 6.35. The van der Waals surface area contributed by atoms with Gasteiger partial charge in [0.15, 0.2) is 0 Å². The molecule has 1 fully saturated rings.